The third kappa shape index (κ3) is 3.60. The number of benzene rings is 1. The van der Waals surface area contributed by atoms with E-state index in [1.54, 1.807) is 0 Å². The molecule has 0 fully saturated rings. The lowest BCUT2D eigenvalue weighted by molar-refractivity contribution is 0.0545. The Hall–Kier alpha value is -1.82. The number of fused-ring (bicyclic) bond motifs is 1. The van der Waals surface area contributed by atoms with Gasteiger partial charge in [-0.1, -0.05) is 31.8 Å². The molecular weight excluding hydrogens is 272 g/mol. The first-order chi connectivity index (χ1) is 9.37. The highest BCUT2D eigenvalue weighted by molar-refractivity contribution is 6.76. The molecule has 2 rings (SSSR count). The van der Waals surface area contributed by atoms with E-state index in [-0.39, 0.29) is 0 Å². The van der Waals surface area contributed by atoms with Gasteiger partial charge in [-0.2, -0.15) is 4.73 Å². The molecule has 5 nitrogen and oxygen atoms in total. The van der Waals surface area contributed by atoms with Crippen LogP contribution < -0.4 is 4.84 Å². The Kier molecular flexibility index (Phi) is 4.13. The molecule has 0 spiro atoms. The van der Waals surface area contributed by atoms with Crippen LogP contribution in [-0.4, -0.2) is 30.6 Å². The van der Waals surface area contributed by atoms with Crippen molar-refractivity contribution < 1.29 is 14.4 Å². The van der Waals surface area contributed by atoms with E-state index in [1.165, 1.54) is 11.1 Å². The Balaban J connectivity index is 1.98. The van der Waals surface area contributed by atoms with Crippen LogP contribution in [0.1, 0.15) is 5.56 Å². The lowest BCUT2D eigenvalue weighted by Crippen LogP contribution is -2.25. The second-order valence-electron chi connectivity index (χ2n) is 6.01. The van der Waals surface area contributed by atoms with Gasteiger partial charge in [0.05, 0.1) is 12.1 Å². The van der Waals surface area contributed by atoms with Crippen molar-refractivity contribution in [2.24, 2.45) is 0 Å². The molecular formula is C14H20N2O3Si. The maximum Gasteiger partial charge on any atom is 0.533 e. The topological polar surface area (TPSA) is 53.4 Å². The highest BCUT2D eigenvalue weighted by atomic mass is 28.3. The summed E-state index contributed by atoms with van der Waals surface area (Å²) in [6.45, 7) is 9.06. The number of carbonyl (C=O) groups excluding carboxylic acids is 1. The summed E-state index contributed by atoms with van der Waals surface area (Å²) in [5, 5.41) is 0. The van der Waals surface area contributed by atoms with Crippen molar-refractivity contribution in [3.63, 3.8) is 0 Å². The van der Waals surface area contributed by atoms with Gasteiger partial charge in [-0.3, -0.25) is 4.84 Å². The van der Waals surface area contributed by atoms with E-state index in [4.69, 9.17) is 9.57 Å². The maximum absolute atomic E-state index is 11.6. The smallest absolute Gasteiger partial charge is 0.433 e. The number of carbonyl (C=O) groups is 1. The Bertz CT molecular complexity index is 616. The first kappa shape index (κ1) is 14.6. The first-order valence-corrected chi connectivity index (χ1v) is 10.4. The van der Waals surface area contributed by atoms with E-state index in [2.05, 4.69) is 24.6 Å². The van der Waals surface area contributed by atoms with Gasteiger partial charge in [-0.15, -0.1) is 0 Å². The van der Waals surface area contributed by atoms with Gasteiger partial charge in [0.25, 0.3) is 0 Å². The highest BCUT2D eigenvalue weighted by Crippen LogP contribution is 2.15. The summed E-state index contributed by atoms with van der Waals surface area (Å²) in [6, 6.07) is 6.64. The number of ether oxygens (including phenoxy) is 1. The summed E-state index contributed by atoms with van der Waals surface area (Å²) in [6.07, 6.45) is 0.793. The van der Waals surface area contributed by atoms with Crippen LogP contribution in [0.25, 0.3) is 11.0 Å². The molecule has 1 heterocycles. The van der Waals surface area contributed by atoms with E-state index in [1.807, 2.05) is 25.1 Å². The minimum atomic E-state index is -1.21. The fraction of sp³-hybridized carbons (Fsp3) is 0.429. The Labute approximate surface area is 119 Å². The average molecular weight is 292 g/mol. The van der Waals surface area contributed by atoms with Gasteiger partial charge in [0, 0.05) is 8.07 Å². The highest BCUT2D eigenvalue weighted by Gasteiger charge is 2.15. The van der Waals surface area contributed by atoms with Crippen molar-refractivity contribution in [2.75, 3.05) is 6.61 Å². The van der Waals surface area contributed by atoms with Crippen LogP contribution in [-0.2, 0) is 4.74 Å². The summed E-state index contributed by atoms with van der Waals surface area (Å²) in [5.74, 6) is 0. The van der Waals surface area contributed by atoms with Crippen LogP contribution in [0, 0.1) is 6.92 Å². The van der Waals surface area contributed by atoms with Gasteiger partial charge < -0.3 is 4.74 Å². The number of imidazole rings is 1. The van der Waals surface area contributed by atoms with Crippen LogP contribution in [0.4, 0.5) is 4.79 Å². The van der Waals surface area contributed by atoms with E-state index < -0.39 is 14.2 Å². The summed E-state index contributed by atoms with van der Waals surface area (Å²) in [4.78, 5) is 21.0. The molecule has 0 amide bonds. The predicted molar refractivity (Wildman–Crippen MR) is 80.6 cm³/mol. The summed E-state index contributed by atoms with van der Waals surface area (Å²) >= 11 is 0. The Morgan fingerprint density at radius 1 is 1.35 bits per heavy atom. The van der Waals surface area contributed by atoms with Crippen molar-refractivity contribution in [3.05, 3.63) is 30.1 Å². The third-order valence-corrected chi connectivity index (χ3v) is 4.69. The van der Waals surface area contributed by atoms with Crippen LogP contribution in [0.15, 0.2) is 24.5 Å². The minimum absolute atomic E-state index is 0.403. The molecule has 0 unspecified atom stereocenters. The number of hydrogen-bond donors (Lipinski definition) is 0. The lowest BCUT2D eigenvalue weighted by atomic mass is 10.2. The predicted octanol–water partition coefficient (Wildman–Crippen LogP) is 3.25. The van der Waals surface area contributed by atoms with Crippen LogP contribution >= 0.6 is 0 Å². The van der Waals surface area contributed by atoms with Gasteiger partial charge in [0.15, 0.2) is 0 Å². The Morgan fingerprint density at radius 3 is 2.80 bits per heavy atom. The second-order valence-corrected chi connectivity index (χ2v) is 11.6. The zero-order chi connectivity index (χ0) is 14.8. The standard InChI is InChI=1S/C14H20N2O3Si/c1-11-6-5-7-12-13(11)15-10-16(12)19-14(17)18-8-9-20(2,3)4/h5-7,10H,8-9H2,1-4H3. The van der Waals surface area contributed by atoms with Gasteiger partial charge >= 0.3 is 6.16 Å². The zero-order valence-electron chi connectivity index (χ0n) is 12.3. The van der Waals surface area contributed by atoms with E-state index in [0.29, 0.717) is 6.61 Å². The summed E-state index contributed by atoms with van der Waals surface area (Å²) in [5.41, 5.74) is 2.62. The van der Waals surface area contributed by atoms with Gasteiger partial charge in [0.1, 0.15) is 11.8 Å². The van der Waals surface area contributed by atoms with Crippen molar-refractivity contribution in [3.8, 4) is 0 Å². The first-order valence-electron chi connectivity index (χ1n) is 6.64. The molecule has 6 heteroatoms. The maximum atomic E-state index is 11.6. The average Bonchev–Trinajstić information content (AvgIpc) is 2.72. The van der Waals surface area contributed by atoms with Crippen LogP contribution in [0.2, 0.25) is 25.7 Å². The molecule has 0 aliphatic rings. The number of hydrogen-bond acceptors (Lipinski definition) is 4. The molecule has 20 heavy (non-hydrogen) atoms. The summed E-state index contributed by atoms with van der Waals surface area (Å²) < 4.78 is 6.44. The van der Waals surface area contributed by atoms with Crippen LogP contribution in [0.5, 0.6) is 0 Å². The number of para-hydroxylation sites is 1. The second kappa shape index (κ2) is 5.66. The van der Waals surface area contributed by atoms with Crippen molar-refractivity contribution in [2.45, 2.75) is 32.6 Å². The number of aryl methyl sites for hydroxylation is 1. The van der Waals surface area contributed by atoms with E-state index >= 15 is 0 Å². The monoisotopic (exact) mass is 292 g/mol. The normalized spacial score (nSPS) is 11.6. The molecule has 0 atom stereocenters. The molecule has 0 aliphatic heterocycles. The SMILES string of the molecule is Cc1cccc2c1ncn2OC(=O)OCC[Si](C)(C)C. The quantitative estimate of drug-likeness (QED) is 0.641. The molecule has 0 saturated carbocycles. The van der Waals surface area contributed by atoms with Crippen molar-refractivity contribution in [1.82, 2.24) is 9.71 Å². The van der Waals surface area contributed by atoms with Crippen LogP contribution in [0.3, 0.4) is 0 Å². The fourth-order valence-electron chi connectivity index (χ4n) is 1.78. The molecule has 1 aromatic carbocycles. The van der Waals surface area contributed by atoms with Crippen molar-refractivity contribution >= 4 is 25.3 Å². The van der Waals surface area contributed by atoms with E-state index in [9.17, 15) is 4.79 Å². The molecule has 0 aliphatic carbocycles. The molecule has 0 radical (unpaired) electrons. The van der Waals surface area contributed by atoms with Gasteiger partial charge in [-0.25, -0.2) is 9.78 Å². The molecule has 108 valence electrons. The molecule has 2 aromatic rings. The minimum Gasteiger partial charge on any atom is -0.433 e. The number of aromatic nitrogens is 2. The van der Waals surface area contributed by atoms with Gasteiger partial charge in [0.2, 0.25) is 0 Å². The molecule has 0 bridgehead atoms. The van der Waals surface area contributed by atoms with Crippen molar-refractivity contribution in [1.29, 1.82) is 0 Å². The lowest BCUT2D eigenvalue weighted by Gasteiger charge is -2.15. The molecule has 1 aromatic heterocycles. The zero-order valence-corrected chi connectivity index (χ0v) is 13.3. The number of nitrogens with zero attached hydrogens (tertiary/aromatic N) is 2. The molecule has 0 N–H and O–H groups in total. The fourth-order valence-corrected chi connectivity index (χ4v) is 2.50. The summed E-state index contributed by atoms with van der Waals surface area (Å²) in [7, 11) is -1.21. The van der Waals surface area contributed by atoms with E-state index in [0.717, 1.165) is 22.6 Å². The Morgan fingerprint density at radius 2 is 2.10 bits per heavy atom. The third-order valence-electron chi connectivity index (χ3n) is 2.99. The molecule has 0 saturated heterocycles. The number of rotatable bonds is 4. The van der Waals surface area contributed by atoms with Gasteiger partial charge in [-0.05, 0) is 24.6 Å². The largest absolute Gasteiger partial charge is 0.533 e.